The lowest BCUT2D eigenvalue weighted by atomic mass is 9.86. The molecule has 0 aromatic heterocycles. The fourth-order valence-electron chi connectivity index (χ4n) is 3.17. The largest absolute Gasteiger partial charge is 0.256 e. The lowest BCUT2D eigenvalue weighted by molar-refractivity contribution is 0.308. The Bertz CT molecular complexity index is 1180. The van der Waals surface area contributed by atoms with Gasteiger partial charge in [-0.1, -0.05) is 85.1 Å². The fraction of sp³-hybridized carbons (Fsp3) is 0.250. The van der Waals surface area contributed by atoms with Gasteiger partial charge < -0.3 is 0 Å². The van der Waals surface area contributed by atoms with Crippen molar-refractivity contribution in [3.8, 4) is 0 Å². The van der Waals surface area contributed by atoms with Crippen molar-refractivity contribution in [3.05, 3.63) is 96.1 Å². The van der Waals surface area contributed by atoms with Gasteiger partial charge in [0, 0.05) is 0 Å². The summed E-state index contributed by atoms with van der Waals surface area (Å²) >= 11 is 0. The van der Waals surface area contributed by atoms with Crippen LogP contribution in [-0.4, -0.2) is 27.1 Å². The molecule has 5 nitrogen and oxygen atoms in total. The van der Waals surface area contributed by atoms with E-state index in [1.165, 1.54) is 48.5 Å². The van der Waals surface area contributed by atoms with Crippen molar-refractivity contribution in [2.75, 3.05) is 6.54 Å². The van der Waals surface area contributed by atoms with Crippen molar-refractivity contribution in [1.82, 2.24) is 3.71 Å². The van der Waals surface area contributed by atoms with Crippen LogP contribution < -0.4 is 0 Å². The molecule has 0 amide bonds. The Morgan fingerprint density at radius 2 is 1.12 bits per heavy atom. The first-order chi connectivity index (χ1) is 14.9. The van der Waals surface area contributed by atoms with Gasteiger partial charge in [-0.3, -0.25) is 0 Å². The normalized spacial score (nSPS) is 13.8. The van der Waals surface area contributed by atoms with Crippen LogP contribution in [0.2, 0.25) is 0 Å². The van der Waals surface area contributed by atoms with E-state index in [0.29, 0.717) is 0 Å². The topological polar surface area (TPSA) is 71.5 Å². The summed E-state index contributed by atoms with van der Waals surface area (Å²) in [6, 6.07) is 21.0. The van der Waals surface area contributed by atoms with Crippen molar-refractivity contribution in [2.45, 2.75) is 42.1 Å². The zero-order valence-corrected chi connectivity index (χ0v) is 19.8. The van der Waals surface area contributed by atoms with Gasteiger partial charge in [-0.15, -0.1) is 0 Å². The predicted molar refractivity (Wildman–Crippen MR) is 123 cm³/mol. The number of halogens is 1. The highest BCUT2D eigenvalue weighted by molar-refractivity contribution is 8.04. The molecule has 0 N–H and O–H groups in total. The SMILES string of the molecule is CC(C)(C)c1ccc(C(F)CN(S(=O)(=O)c2ccccc2)S(=O)(=O)c2ccccc2)cc1. The van der Waals surface area contributed by atoms with E-state index < -0.39 is 32.8 Å². The smallest absolute Gasteiger partial charge is 0.241 e. The van der Waals surface area contributed by atoms with E-state index in [-0.39, 0.29) is 24.5 Å². The fourth-order valence-corrected chi connectivity index (χ4v) is 6.85. The second-order valence-corrected chi connectivity index (χ2v) is 12.4. The average Bonchev–Trinajstić information content (AvgIpc) is 2.77. The predicted octanol–water partition coefficient (Wildman–Crippen LogP) is 5.07. The number of hydrogen-bond acceptors (Lipinski definition) is 4. The summed E-state index contributed by atoms with van der Waals surface area (Å²) in [6.07, 6.45) is -1.85. The Morgan fingerprint density at radius 3 is 1.50 bits per heavy atom. The third-order valence-electron chi connectivity index (χ3n) is 5.07. The van der Waals surface area contributed by atoms with Gasteiger partial charge in [-0.05, 0) is 40.8 Å². The van der Waals surface area contributed by atoms with Crippen molar-refractivity contribution < 1.29 is 21.2 Å². The standard InChI is InChI=1S/C24H26FNO4S2/c1-24(2,3)20-16-14-19(15-17-20)23(25)18-26(31(27,28)21-10-6-4-7-11-21)32(29,30)22-12-8-5-9-13-22/h4-17,23H,18H2,1-3H3. The summed E-state index contributed by atoms with van der Waals surface area (Å²) < 4.78 is 68.7. The third kappa shape index (κ3) is 5.09. The van der Waals surface area contributed by atoms with E-state index >= 15 is 4.39 Å². The molecule has 0 bridgehead atoms. The van der Waals surface area contributed by atoms with Crippen molar-refractivity contribution in [3.63, 3.8) is 0 Å². The maximum atomic E-state index is 15.3. The molecule has 170 valence electrons. The molecule has 0 fully saturated rings. The highest BCUT2D eigenvalue weighted by atomic mass is 32.3. The molecule has 0 heterocycles. The molecule has 3 aromatic rings. The van der Waals surface area contributed by atoms with Crippen LogP contribution in [0.25, 0.3) is 0 Å². The lowest BCUT2D eigenvalue weighted by Crippen LogP contribution is -2.39. The average molecular weight is 476 g/mol. The lowest BCUT2D eigenvalue weighted by Gasteiger charge is -2.24. The number of sulfonamides is 2. The second-order valence-electron chi connectivity index (χ2n) is 8.43. The molecule has 1 unspecified atom stereocenters. The number of rotatable bonds is 7. The molecule has 0 radical (unpaired) electrons. The van der Waals surface area contributed by atoms with Crippen LogP contribution in [0, 0.1) is 0 Å². The molecule has 0 aliphatic rings. The van der Waals surface area contributed by atoms with E-state index in [0.717, 1.165) is 5.56 Å². The summed E-state index contributed by atoms with van der Waals surface area (Å²) in [7, 11) is -9.07. The Hall–Kier alpha value is -2.55. The Kier molecular flexibility index (Phi) is 6.88. The minimum absolute atomic E-state index is 0.135. The monoisotopic (exact) mass is 475 g/mol. The van der Waals surface area contributed by atoms with Crippen molar-refractivity contribution in [2.24, 2.45) is 0 Å². The molecule has 1 atom stereocenters. The van der Waals surface area contributed by atoms with Gasteiger partial charge in [0.2, 0.25) is 0 Å². The molecule has 3 aromatic carbocycles. The molecule has 0 spiro atoms. The van der Waals surface area contributed by atoms with E-state index in [1.54, 1.807) is 36.4 Å². The van der Waals surface area contributed by atoms with E-state index in [4.69, 9.17) is 0 Å². The van der Waals surface area contributed by atoms with Gasteiger partial charge in [-0.2, -0.15) is 0 Å². The summed E-state index contributed by atoms with van der Waals surface area (Å²) in [5.74, 6) is 0. The zero-order chi connectivity index (χ0) is 23.6. The quantitative estimate of drug-likeness (QED) is 0.478. The van der Waals surface area contributed by atoms with Crippen LogP contribution in [0.5, 0.6) is 0 Å². The Balaban J connectivity index is 2.04. The molecule has 0 saturated heterocycles. The van der Waals surface area contributed by atoms with Gasteiger partial charge in [0.05, 0.1) is 16.3 Å². The third-order valence-corrected chi connectivity index (χ3v) is 9.35. The first-order valence-electron chi connectivity index (χ1n) is 10.1. The highest BCUT2D eigenvalue weighted by Gasteiger charge is 2.38. The Labute approximate surface area is 189 Å². The van der Waals surface area contributed by atoms with Crippen LogP contribution in [0.1, 0.15) is 38.1 Å². The first-order valence-corrected chi connectivity index (χ1v) is 12.9. The molecule has 0 aliphatic heterocycles. The Morgan fingerprint density at radius 1 is 0.719 bits per heavy atom. The number of benzene rings is 3. The second kappa shape index (κ2) is 9.13. The van der Waals surface area contributed by atoms with Gasteiger partial charge in [0.1, 0.15) is 6.17 Å². The summed E-state index contributed by atoms with van der Waals surface area (Å²) in [4.78, 5) is -0.454. The van der Waals surface area contributed by atoms with E-state index in [2.05, 4.69) is 0 Å². The van der Waals surface area contributed by atoms with Gasteiger partial charge in [0.25, 0.3) is 20.0 Å². The highest BCUT2D eigenvalue weighted by Crippen LogP contribution is 2.30. The van der Waals surface area contributed by atoms with Gasteiger partial charge in [0.15, 0.2) is 0 Å². The number of hydrogen-bond donors (Lipinski definition) is 0. The maximum absolute atomic E-state index is 15.3. The van der Waals surface area contributed by atoms with Crippen LogP contribution in [-0.2, 0) is 25.5 Å². The zero-order valence-electron chi connectivity index (χ0n) is 18.1. The molecule has 3 rings (SSSR count). The summed E-state index contributed by atoms with van der Waals surface area (Å²) in [6.45, 7) is 5.20. The van der Waals surface area contributed by atoms with Gasteiger partial charge in [-0.25, -0.2) is 21.2 Å². The minimum atomic E-state index is -4.54. The molecule has 0 aliphatic carbocycles. The molecular weight excluding hydrogens is 449 g/mol. The number of nitrogens with zero attached hydrogens (tertiary/aromatic N) is 1. The molecule has 8 heteroatoms. The summed E-state index contributed by atoms with van der Waals surface area (Å²) in [5.41, 5.74) is 1.05. The molecule has 32 heavy (non-hydrogen) atoms. The van der Waals surface area contributed by atoms with E-state index in [1.807, 2.05) is 20.8 Å². The maximum Gasteiger partial charge on any atom is 0.256 e. The van der Waals surface area contributed by atoms with Crippen LogP contribution in [0.3, 0.4) is 0 Å². The minimum Gasteiger partial charge on any atom is -0.241 e. The van der Waals surface area contributed by atoms with Crippen LogP contribution in [0.15, 0.2) is 94.7 Å². The number of alkyl halides is 1. The molecular formula is C24H26FNO4S2. The van der Waals surface area contributed by atoms with Crippen molar-refractivity contribution in [1.29, 1.82) is 0 Å². The molecule has 0 saturated carbocycles. The van der Waals surface area contributed by atoms with Crippen LogP contribution >= 0.6 is 0 Å². The van der Waals surface area contributed by atoms with Crippen LogP contribution in [0.4, 0.5) is 4.39 Å². The van der Waals surface area contributed by atoms with Crippen molar-refractivity contribution >= 4 is 20.0 Å². The summed E-state index contributed by atoms with van der Waals surface area (Å²) in [5, 5.41) is 0. The van der Waals surface area contributed by atoms with E-state index in [9.17, 15) is 16.8 Å². The van der Waals surface area contributed by atoms with Gasteiger partial charge >= 0.3 is 0 Å². The first kappa shape index (κ1) is 24.1.